The molecule has 52 heavy (non-hydrogen) atoms. The summed E-state index contributed by atoms with van der Waals surface area (Å²) in [7, 11) is 0. The smallest absolute Gasteiger partial charge is 0.410 e. The van der Waals surface area contributed by atoms with Gasteiger partial charge in [0.15, 0.2) is 5.82 Å². The van der Waals surface area contributed by atoms with Crippen LogP contribution in [0.5, 0.6) is 0 Å². The molecule has 1 atom stereocenters. The van der Waals surface area contributed by atoms with E-state index in [-0.39, 0.29) is 18.0 Å². The van der Waals surface area contributed by atoms with E-state index in [0.29, 0.717) is 53.4 Å². The van der Waals surface area contributed by atoms with Crippen molar-refractivity contribution in [2.45, 2.75) is 39.3 Å². The Morgan fingerprint density at radius 3 is 2.31 bits per heavy atom. The number of carbonyl (C=O) groups is 2. The molecule has 2 N–H and O–H groups in total. The second-order valence-electron chi connectivity index (χ2n) is 13.9. The minimum absolute atomic E-state index is 0.0952. The van der Waals surface area contributed by atoms with Crippen molar-refractivity contribution in [3.05, 3.63) is 125 Å². The summed E-state index contributed by atoms with van der Waals surface area (Å²) in [4.78, 5) is 39.2. The van der Waals surface area contributed by atoms with Crippen LogP contribution in [0.3, 0.4) is 0 Å². The molecule has 0 bridgehead atoms. The number of hydrogen-bond donors (Lipinski definition) is 2. The number of nitrogens with one attached hydrogen (secondary N) is 2. The molecule has 0 aliphatic carbocycles. The van der Waals surface area contributed by atoms with Crippen LogP contribution in [0.25, 0.3) is 33.3 Å². The normalized spacial score (nSPS) is 14.0. The largest absolute Gasteiger partial charge is 0.444 e. The third-order valence-corrected chi connectivity index (χ3v) is 9.75. The highest BCUT2D eigenvalue weighted by atomic mass is 35.5. The number of rotatable bonds is 7. The molecule has 1 aliphatic rings. The maximum absolute atomic E-state index is 14.6. The SMILES string of the molecule is CC(c1ccc(Cl)cc1)n1ccc(-c2ccccc2)c1-c1c(C(=O)Nc2cccnc2N2CCN(C(=O)OC(C)(C)C)CC2)[nH]c2cc(Cl)ccc12. The van der Waals surface area contributed by atoms with Gasteiger partial charge in [0.1, 0.15) is 11.3 Å². The number of H-pyrrole nitrogens is 1. The lowest BCUT2D eigenvalue weighted by atomic mass is 9.98. The molecule has 1 aliphatic heterocycles. The topological polar surface area (TPSA) is 95.5 Å². The van der Waals surface area contributed by atoms with Crippen molar-refractivity contribution < 1.29 is 14.3 Å². The molecule has 1 fully saturated rings. The first-order valence-corrected chi connectivity index (χ1v) is 18.0. The van der Waals surface area contributed by atoms with Crippen molar-refractivity contribution in [1.82, 2.24) is 19.4 Å². The molecule has 1 saturated heterocycles. The molecule has 3 aromatic heterocycles. The van der Waals surface area contributed by atoms with Gasteiger partial charge in [-0.1, -0.05) is 71.7 Å². The molecule has 6 aromatic rings. The summed E-state index contributed by atoms with van der Waals surface area (Å²) in [5.41, 5.74) is 5.84. The highest BCUT2D eigenvalue weighted by molar-refractivity contribution is 6.31. The van der Waals surface area contributed by atoms with Gasteiger partial charge in [0.25, 0.3) is 5.91 Å². The van der Waals surface area contributed by atoms with Gasteiger partial charge in [0.05, 0.1) is 17.4 Å². The maximum Gasteiger partial charge on any atom is 0.410 e. The van der Waals surface area contributed by atoms with Gasteiger partial charge in [-0.2, -0.15) is 0 Å². The molecular weight excluding hydrogens is 695 g/mol. The Hall–Kier alpha value is -5.25. The zero-order chi connectivity index (χ0) is 36.6. The molecule has 2 amide bonds. The van der Waals surface area contributed by atoms with Crippen molar-refractivity contribution in [3.63, 3.8) is 0 Å². The number of pyridine rings is 1. The van der Waals surface area contributed by atoms with Crippen molar-refractivity contribution in [2.75, 3.05) is 36.4 Å². The number of aromatic amines is 1. The number of carbonyl (C=O) groups excluding carboxylic acids is 2. The number of hydrogen-bond acceptors (Lipinski definition) is 5. The van der Waals surface area contributed by atoms with Crippen LogP contribution in [0.4, 0.5) is 16.3 Å². The van der Waals surface area contributed by atoms with Crippen LogP contribution in [-0.4, -0.2) is 63.2 Å². The Morgan fingerprint density at radius 1 is 0.885 bits per heavy atom. The van der Waals surface area contributed by atoms with E-state index in [1.54, 1.807) is 17.2 Å². The van der Waals surface area contributed by atoms with Crippen LogP contribution in [0.2, 0.25) is 10.0 Å². The van der Waals surface area contributed by atoms with E-state index in [4.69, 9.17) is 27.9 Å². The average Bonchev–Trinajstić information content (AvgIpc) is 3.73. The number of benzene rings is 3. The second-order valence-corrected chi connectivity index (χ2v) is 14.8. The Balaban J connectivity index is 1.28. The molecule has 0 saturated carbocycles. The Bertz CT molecular complexity index is 2230. The fourth-order valence-corrected chi connectivity index (χ4v) is 7.03. The number of anilines is 2. The van der Waals surface area contributed by atoms with Crippen molar-refractivity contribution in [3.8, 4) is 22.4 Å². The van der Waals surface area contributed by atoms with E-state index in [2.05, 4.69) is 56.1 Å². The van der Waals surface area contributed by atoms with Gasteiger partial charge in [0, 0.05) is 70.6 Å². The van der Waals surface area contributed by atoms with Gasteiger partial charge in [-0.3, -0.25) is 4.79 Å². The van der Waals surface area contributed by atoms with Crippen molar-refractivity contribution >= 4 is 57.6 Å². The van der Waals surface area contributed by atoms with E-state index in [1.165, 1.54) is 0 Å². The molecule has 0 spiro atoms. The summed E-state index contributed by atoms with van der Waals surface area (Å²) in [6, 6.07) is 29.3. The lowest BCUT2D eigenvalue weighted by Crippen LogP contribution is -2.50. The summed E-state index contributed by atoms with van der Waals surface area (Å²) < 4.78 is 7.79. The predicted molar refractivity (Wildman–Crippen MR) is 210 cm³/mol. The summed E-state index contributed by atoms with van der Waals surface area (Å²) in [6.45, 7) is 9.72. The first-order chi connectivity index (χ1) is 25.0. The first-order valence-electron chi connectivity index (χ1n) is 17.3. The lowest BCUT2D eigenvalue weighted by molar-refractivity contribution is 0.0240. The Kier molecular flexibility index (Phi) is 9.74. The fourth-order valence-electron chi connectivity index (χ4n) is 6.73. The van der Waals surface area contributed by atoms with Gasteiger partial charge < -0.3 is 29.4 Å². The molecule has 9 nitrogen and oxygen atoms in total. The molecule has 266 valence electrons. The second kappa shape index (κ2) is 14.4. The van der Waals surface area contributed by atoms with E-state index in [0.717, 1.165) is 38.9 Å². The van der Waals surface area contributed by atoms with Gasteiger partial charge in [-0.25, -0.2) is 9.78 Å². The van der Waals surface area contributed by atoms with Crippen LogP contribution in [0, 0.1) is 0 Å². The zero-order valence-corrected chi connectivity index (χ0v) is 31.0. The van der Waals surface area contributed by atoms with Crippen LogP contribution >= 0.6 is 23.2 Å². The van der Waals surface area contributed by atoms with Crippen molar-refractivity contribution in [2.24, 2.45) is 0 Å². The third-order valence-electron chi connectivity index (χ3n) is 9.26. The van der Waals surface area contributed by atoms with Crippen LogP contribution in [-0.2, 0) is 4.74 Å². The van der Waals surface area contributed by atoms with E-state index in [1.807, 2.05) is 87.5 Å². The summed E-state index contributed by atoms with van der Waals surface area (Å²) in [5.74, 6) is 0.306. The number of ether oxygens (including phenoxy) is 1. The van der Waals surface area contributed by atoms with E-state index >= 15 is 0 Å². The lowest BCUT2D eigenvalue weighted by Gasteiger charge is -2.36. The number of piperazine rings is 1. The van der Waals surface area contributed by atoms with Crippen molar-refractivity contribution in [1.29, 1.82) is 0 Å². The van der Waals surface area contributed by atoms with Gasteiger partial charge in [0.2, 0.25) is 0 Å². The standard InChI is InChI=1S/C41H40Cl2N6O3/c1-26(27-12-14-29(42)15-13-27)49-20-18-31(28-9-6-5-7-10-28)37(49)35-32-17-16-30(43)25-34(32)45-36(35)39(50)46-33-11-8-19-44-38(33)47-21-23-48(24-22-47)40(51)52-41(2,3)4/h5-20,25-26,45H,21-24H2,1-4H3,(H,46,50). The molecular formula is C41H40Cl2N6O3. The molecule has 1 unspecified atom stereocenters. The van der Waals surface area contributed by atoms with E-state index in [9.17, 15) is 9.59 Å². The summed E-state index contributed by atoms with van der Waals surface area (Å²) >= 11 is 12.8. The molecule has 0 radical (unpaired) electrons. The zero-order valence-electron chi connectivity index (χ0n) is 29.5. The van der Waals surface area contributed by atoms with Gasteiger partial charge in [-0.15, -0.1) is 0 Å². The third kappa shape index (κ3) is 7.24. The summed E-state index contributed by atoms with van der Waals surface area (Å²) in [6.07, 6.45) is 3.44. The monoisotopic (exact) mass is 734 g/mol. The minimum atomic E-state index is -0.573. The molecule has 7 rings (SSSR count). The molecule has 4 heterocycles. The van der Waals surface area contributed by atoms with Gasteiger partial charge >= 0.3 is 6.09 Å². The van der Waals surface area contributed by atoms with Crippen LogP contribution in [0.15, 0.2) is 103 Å². The highest BCUT2D eigenvalue weighted by Crippen LogP contribution is 2.43. The predicted octanol–water partition coefficient (Wildman–Crippen LogP) is 9.92. The van der Waals surface area contributed by atoms with Crippen LogP contribution in [0.1, 0.15) is 49.8 Å². The highest BCUT2D eigenvalue weighted by Gasteiger charge is 2.30. The molecule has 11 heteroatoms. The average molecular weight is 736 g/mol. The molecule has 3 aromatic carbocycles. The maximum atomic E-state index is 14.6. The minimum Gasteiger partial charge on any atom is -0.444 e. The number of halogens is 2. The number of nitrogens with zero attached hydrogens (tertiary/aromatic N) is 4. The first kappa shape index (κ1) is 35.2. The summed E-state index contributed by atoms with van der Waals surface area (Å²) in [5, 5.41) is 5.26. The van der Waals surface area contributed by atoms with Crippen LogP contribution < -0.4 is 10.2 Å². The number of amides is 2. The van der Waals surface area contributed by atoms with Gasteiger partial charge in [-0.05, 0) is 81.3 Å². The Labute approximate surface area is 313 Å². The quantitative estimate of drug-likeness (QED) is 0.170. The van der Waals surface area contributed by atoms with E-state index < -0.39 is 5.60 Å². The number of aromatic nitrogens is 3. The number of fused-ring (bicyclic) bond motifs is 1. The fraction of sp³-hybridized carbons (Fsp3) is 0.244. The Morgan fingerprint density at radius 2 is 1.60 bits per heavy atom.